The molecular formula is C10H12N2O. The van der Waals surface area contributed by atoms with Crippen LogP contribution in [0.2, 0.25) is 0 Å². The van der Waals surface area contributed by atoms with Crippen molar-refractivity contribution in [2.45, 2.75) is 0 Å². The number of rotatable bonds is 3. The highest BCUT2D eigenvalue weighted by atomic mass is 16.5. The van der Waals surface area contributed by atoms with Gasteiger partial charge in [0.25, 0.3) is 0 Å². The molecule has 68 valence electrons. The summed E-state index contributed by atoms with van der Waals surface area (Å²) in [6.07, 6.45) is 3.32. The number of hydrogen-bond donors (Lipinski definition) is 2. The molecule has 0 radical (unpaired) electrons. The van der Waals surface area contributed by atoms with Crippen LogP contribution in [0.15, 0.2) is 30.3 Å². The van der Waals surface area contributed by atoms with Gasteiger partial charge in [-0.2, -0.15) is 0 Å². The van der Waals surface area contributed by atoms with Crippen molar-refractivity contribution >= 4 is 11.9 Å². The summed E-state index contributed by atoms with van der Waals surface area (Å²) >= 11 is 0. The maximum Gasteiger partial charge on any atom is 0.118 e. The minimum atomic E-state index is 0.0517. The van der Waals surface area contributed by atoms with E-state index in [1.165, 1.54) is 0 Å². The second kappa shape index (κ2) is 4.30. The van der Waals surface area contributed by atoms with Crippen LogP contribution in [-0.2, 0) is 0 Å². The summed E-state index contributed by atoms with van der Waals surface area (Å²) in [6.45, 7) is 0. The van der Waals surface area contributed by atoms with E-state index in [1.54, 1.807) is 19.3 Å². The molecule has 0 atom stereocenters. The van der Waals surface area contributed by atoms with Crippen molar-refractivity contribution in [2.75, 3.05) is 7.11 Å². The average molecular weight is 176 g/mol. The fraction of sp³-hybridized carbons (Fsp3) is 0.100. The molecule has 1 aromatic rings. The maximum absolute atomic E-state index is 6.99. The Morgan fingerprint density at radius 2 is 2.00 bits per heavy atom. The van der Waals surface area contributed by atoms with Crippen LogP contribution in [0.5, 0.6) is 5.75 Å². The molecule has 13 heavy (non-hydrogen) atoms. The molecule has 0 fully saturated rings. The van der Waals surface area contributed by atoms with Gasteiger partial charge in [0, 0.05) is 0 Å². The SMILES string of the molecule is COc1ccc(C=CC(=N)N)cc1. The molecule has 0 aliphatic heterocycles. The van der Waals surface area contributed by atoms with E-state index in [0.717, 1.165) is 11.3 Å². The van der Waals surface area contributed by atoms with E-state index in [2.05, 4.69) is 0 Å². The lowest BCUT2D eigenvalue weighted by Gasteiger charge is -1.98. The van der Waals surface area contributed by atoms with Gasteiger partial charge in [-0.25, -0.2) is 0 Å². The second-order valence-electron chi connectivity index (χ2n) is 2.56. The van der Waals surface area contributed by atoms with E-state index in [1.807, 2.05) is 24.3 Å². The van der Waals surface area contributed by atoms with Gasteiger partial charge >= 0.3 is 0 Å². The van der Waals surface area contributed by atoms with Crippen molar-refractivity contribution in [1.82, 2.24) is 0 Å². The first kappa shape index (κ1) is 9.32. The van der Waals surface area contributed by atoms with Crippen LogP contribution >= 0.6 is 0 Å². The number of ether oxygens (including phenoxy) is 1. The Kier molecular flexibility index (Phi) is 3.09. The van der Waals surface area contributed by atoms with Crippen LogP contribution < -0.4 is 10.5 Å². The van der Waals surface area contributed by atoms with Crippen molar-refractivity contribution in [3.05, 3.63) is 35.9 Å². The predicted octanol–water partition coefficient (Wildman–Crippen LogP) is 1.64. The van der Waals surface area contributed by atoms with Gasteiger partial charge in [0.1, 0.15) is 11.6 Å². The minimum absolute atomic E-state index is 0.0517. The van der Waals surface area contributed by atoms with E-state index in [0.29, 0.717) is 0 Å². The summed E-state index contributed by atoms with van der Waals surface area (Å²) in [5, 5.41) is 6.99. The third-order valence-electron chi connectivity index (χ3n) is 1.57. The molecule has 0 bridgehead atoms. The van der Waals surface area contributed by atoms with E-state index >= 15 is 0 Å². The lowest BCUT2D eigenvalue weighted by molar-refractivity contribution is 0.415. The lowest BCUT2D eigenvalue weighted by atomic mass is 10.2. The Labute approximate surface area is 77.3 Å². The monoisotopic (exact) mass is 176 g/mol. The third kappa shape index (κ3) is 2.99. The van der Waals surface area contributed by atoms with E-state index < -0.39 is 0 Å². The third-order valence-corrected chi connectivity index (χ3v) is 1.57. The summed E-state index contributed by atoms with van der Waals surface area (Å²) in [6, 6.07) is 7.52. The Morgan fingerprint density at radius 1 is 1.38 bits per heavy atom. The van der Waals surface area contributed by atoms with Crippen molar-refractivity contribution in [2.24, 2.45) is 5.73 Å². The molecular weight excluding hydrogens is 164 g/mol. The van der Waals surface area contributed by atoms with E-state index in [9.17, 15) is 0 Å². The Hall–Kier alpha value is -1.77. The zero-order chi connectivity index (χ0) is 9.68. The van der Waals surface area contributed by atoms with Crippen LogP contribution in [0.3, 0.4) is 0 Å². The highest BCUT2D eigenvalue weighted by molar-refractivity contribution is 5.92. The number of amidine groups is 1. The summed E-state index contributed by atoms with van der Waals surface area (Å²) in [4.78, 5) is 0. The zero-order valence-electron chi connectivity index (χ0n) is 7.45. The largest absolute Gasteiger partial charge is 0.497 e. The molecule has 0 unspecified atom stereocenters. The first-order valence-electron chi connectivity index (χ1n) is 3.88. The Bertz CT molecular complexity index is 314. The zero-order valence-corrected chi connectivity index (χ0v) is 7.45. The summed E-state index contributed by atoms with van der Waals surface area (Å²) in [5.74, 6) is 0.871. The normalized spacial score (nSPS) is 10.2. The molecule has 0 saturated heterocycles. The molecule has 0 amide bonds. The number of methoxy groups -OCH3 is 1. The molecule has 0 spiro atoms. The average Bonchev–Trinajstić information content (AvgIpc) is 2.15. The standard InChI is InChI=1S/C10H12N2O/c1-13-9-5-2-8(3-6-9)4-7-10(11)12/h2-7H,1H3,(H3,11,12). The maximum atomic E-state index is 6.99. The van der Waals surface area contributed by atoms with Crippen LogP contribution in [0.25, 0.3) is 6.08 Å². The lowest BCUT2D eigenvalue weighted by Crippen LogP contribution is -2.03. The van der Waals surface area contributed by atoms with Gasteiger partial charge in [0.2, 0.25) is 0 Å². The van der Waals surface area contributed by atoms with Crippen molar-refractivity contribution in [1.29, 1.82) is 5.41 Å². The molecule has 1 aromatic carbocycles. The Balaban J connectivity index is 2.75. The molecule has 0 aliphatic carbocycles. The number of benzene rings is 1. The van der Waals surface area contributed by atoms with Crippen LogP contribution in [0, 0.1) is 5.41 Å². The Morgan fingerprint density at radius 3 is 2.46 bits per heavy atom. The van der Waals surface area contributed by atoms with Crippen LogP contribution in [-0.4, -0.2) is 12.9 Å². The predicted molar refractivity (Wildman–Crippen MR) is 53.9 cm³/mol. The van der Waals surface area contributed by atoms with Crippen molar-refractivity contribution in [3.63, 3.8) is 0 Å². The molecule has 0 heterocycles. The van der Waals surface area contributed by atoms with Crippen molar-refractivity contribution < 1.29 is 4.74 Å². The van der Waals surface area contributed by atoms with Crippen molar-refractivity contribution in [3.8, 4) is 5.75 Å². The van der Waals surface area contributed by atoms with E-state index in [-0.39, 0.29) is 5.84 Å². The topological polar surface area (TPSA) is 59.1 Å². The molecule has 3 N–H and O–H groups in total. The highest BCUT2D eigenvalue weighted by Crippen LogP contribution is 2.11. The fourth-order valence-electron chi connectivity index (χ4n) is 0.901. The molecule has 3 heteroatoms. The van der Waals surface area contributed by atoms with Crippen LogP contribution in [0.1, 0.15) is 5.56 Å². The molecule has 1 rings (SSSR count). The smallest absolute Gasteiger partial charge is 0.118 e. The van der Waals surface area contributed by atoms with Gasteiger partial charge in [0.05, 0.1) is 7.11 Å². The molecule has 0 saturated carbocycles. The van der Waals surface area contributed by atoms with Crippen LogP contribution in [0.4, 0.5) is 0 Å². The molecule has 0 aliphatic rings. The van der Waals surface area contributed by atoms with Gasteiger partial charge in [0.15, 0.2) is 0 Å². The van der Waals surface area contributed by atoms with Gasteiger partial charge in [-0.15, -0.1) is 0 Å². The van der Waals surface area contributed by atoms with Gasteiger partial charge < -0.3 is 10.5 Å². The first-order valence-corrected chi connectivity index (χ1v) is 3.88. The quantitative estimate of drug-likeness (QED) is 0.543. The highest BCUT2D eigenvalue weighted by Gasteiger charge is 1.89. The minimum Gasteiger partial charge on any atom is -0.497 e. The number of nitrogens with one attached hydrogen (secondary N) is 1. The van der Waals surface area contributed by atoms with Gasteiger partial charge in [-0.05, 0) is 23.8 Å². The first-order chi connectivity index (χ1) is 6.22. The summed E-state index contributed by atoms with van der Waals surface area (Å²) in [5.41, 5.74) is 6.16. The summed E-state index contributed by atoms with van der Waals surface area (Å²) < 4.78 is 5.00. The second-order valence-corrected chi connectivity index (χ2v) is 2.56. The molecule has 3 nitrogen and oxygen atoms in total. The van der Waals surface area contributed by atoms with E-state index in [4.69, 9.17) is 15.9 Å². The number of hydrogen-bond acceptors (Lipinski definition) is 2. The fourth-order valence-corrected chi connectivity index (χ4v) is 0.901. The molecule has 0 aromatic heterocycles. The number of nitrogens with two attached hydrogens (primary N) is 1. The van der Waals surface area contributed by atoms with Gasteiger partial charge in [-0.1, -0.05) is 18.2 Å². The van der Waals surface area contributed by atoms with Gasteiger partial charge in [-0.3, -0.25) is 5.41 Å². The summed E-state index contributed by atoms with van der Waals surface area (Å²) in [7, 11) is 1.63.